The van der Waals surface area contributed by atoms with Crippen LogP contribution in [0.4, 0.5) is 0 Å². The number of carbonyl (C=O) groups excluding carboxylic acids is 1. The number of hydrogen-bond donors (Lipinski definition) is 1. The Morgan fingerprint density at radius 1 is 1.27 bits per heavy atom. The SMILES string of the molecule is CC(C)(CO)c1nnc(CC(=O)C(C)(C)S(=O)(=O)C[C@H]2CCCCO2)s1. The summed E-state index contributed by atoms with van der Waals surface area (Å²) in [6.45, 7) is 7.05. The van der Waals surface area contributed by atoms with Gasteiger partial charge >= 0.3 is 0 Å². The first-order chi connectivity index (χ1) is 12.0. The molecule has 1 aliphatic rings. The van der Waals surface area contributed by atoms with Gasteiger partial charge in [-0.3, -0.25) is 4.79 Å². The fourth-order valence-electron chi connectivity index (χ4n) is 2.58. The molecular formula is C17H28N2O5S2. The minimum absolute atomic E-state index is 0.0864. The molecule has 0 aromatic carbocycles. The Morgan fingerprint density at radius 2 is 1.96 bits per heavy atom. The highest BCUT2D eigenvalue weighted by atomic mass is 32.2. The van der Waals surface area contributed by atoms with Gasteiger partial charge in [0.15, 0.2) is 15.6 Å². The molecule has 1 saturated heterocycles. The summed E-state index contributed by atoms with van der Waals surface area (Å²) >= 11 is 1.23. The zero-order chi connectivity index (χ0) is 19.6. The molecule has 0 aliphatic carbocycles. The van der Waals surface area contributed by atoms with Gasteiger partial charge in [-0.05, 0) is 33.1 Å². The summed E-state index contributed by atoms with van der Waals surface area (Å²) in [4.78, 5) is 12.7. The lowest BCUT2D eigenvalue weighted by atomic mass is 9.96. The highest BCUT2D eigenvalue weighted by Crippen LogP contribution is 2.28. The second-order valence-corrected chi connectivity index (χ2v) is 11.6. The summed E-state index contributed by atoms with van der Waals surface area (Å²) in [5.41, 5.74) is -0.543. The van der Waals surface area contributed by atoms with Crippen LogP contribution < -0.4 is 0 Å². The average Bonchev–Trinajstić information content (AvgIpc) is 3.04. The molecule has 1 fully saturated rings. The highest BCUT2D eigenvalue weighted by molar-refractivity contribution is 7.93. The van der Waals surface area contributed by atoms with Gasteiger partial charge in [0.25, 0.3) is 0 Å². The van der Waals surface area contributed by atoms with Crippen molar-refractivity contribution in [1.82, 2.24) is 10.2 Å². The third kappa shape index (κ3) is 4.68. The number of Topliss-reactive ketones (excluding diaryl/α,β-unsaturated/α-hetero) is 1. The topological polar surface area (TPSA) is 106 Å². The molecule has 26 heavy (non-hydrogen) atoms. The van der Waals surface area contributed by atoms with Gasteiger partial charge in [-0.15, -0.1) is 21.5 Å². The summed E-state index contributed by atoms with van der Waals surface area (Å²) in [6, 6.07) is 0. The predicted octanol–water partition coefficient (Wildman–Crippen LogP) is 1.68. The molecule has 1 atom stereocenters. The number of aliphatic hydroxyl groups excluding tert-OH is 1. The molecule has 0 spiro atoms. The van der Waals surface area contributed by atoms with Gasteiger partial charge in [-0.2, -0.15) is 0 Å². The summed E-state index contributed by atoms with van der Waals surface area (Å²) in [5.74, 6) is -0.539. The molecule has 0 unspecified atom stereocenters. The summed E-state index contributed by atoms with van der Waals surface area (Å²) in [7, 11) is -3.66. The van der Waals surface area contributed by atoms with Crippen LogP contribution in [0.1, 0.15) is 57.0 Å². The minimum atomic E-state index is -3.66. The molecule has 2 heterocycles. The van der Waals surface area contributed by atoms with Crippen LogP contribution in [0, 0.1) is 0 Å². The van der Waals surface area contributed by atoms with E-state index in [1.165, 1.54) is 25.2 Å². The third-order valence-electron chi connectivity index (χ3n) is 4.88. The standard InChI is InChI=1S/C17H28N2O5S2/c1-16(2,11-20)15-19-18-14(25-15)9-13(21)17(3,4)26(22,23)10-12-7-5-6-8-24-12/h12,20H,5-11H2,1-4H3/t12-/m1/s1. The zero-order valence-electron chi connectivity index (χ0n) is 15.8. The second-order valence-electron chi connectivity index (χ2n) is 7.92. The predicted molar refractivity (Wildman–Crippen MR) is 100 cm³/mol. The molecule has 7 nitrogen and oxygen atoms in total. The average molecular weight is 405 g/mol. The first-order valence-electron chi connectivity index (χ1n) is 8.80. The van der Waals surface area contributed by atoms with Gasteiger partial charge < -0.3 is 9.84 Å². The number of sulfone groups is 1. The van der Waals surface area contributed by atoms with Crippen molar-refractivity contribution in [2.45, 2.75) is 69.6 Å². The minimum Gasteiger partial charge on any atom is -0.395 e. The maximum atomic E-state index is 12.8. The first kappa shape index (κ1) is 21.4. The molecular weight excluding hydrogens is 376 g/mol. The van der Waals surface area contributed by atoms with Gasteiger partial charge in [0.2, 0.25) is 0 Å². The number of nitrogens with zero attached hydrogens (tertiary/aromatic N) is 2. The molecule has 1 aliphatic heterocycles. The van der Waals surface area contributed by atoms with Gasteiger partial charge in [-0.1, -0.05) is 13.8 Å². The number of hydrogen-bond acceptors (Lipinski definition) is 8. The fraction of sp³-hybridized carbons (Fsp3) is 0.824. The van der Waals surface area contributed by atoms with E-state index in [9.17, 15) is 18.3 Å². The van der Waals surface area contributed by atoms with Crippen LogP contribution in [0.5, 0.6) is 0 Å². The Morgan fingerprint density at radius 3 is 2.54 bits per heavy atom. The van der Waals surface area contributed by atoms with E-state index in [0.29, 0.717) is 23.0 Å². The second kappa shape index (κ2) is 8.00. The van der Waals surface area contributed by atoms with Crippen molar-refractivity contribution in [2.75, 3.05) is 19.0 Å². The smallest absolute Gasteiger partial charge is 0.165 e. The van der Waals surface area contributed by atoms with Gasteiger partial charge in [0, 0.05) is 12.0 Å². The normalized spacial score (nSPS) is 19.5. The van der Waals surface area contributed by atoms with Crippen molar-refractivity contribution >= 4 is 27.0 Å². The highest BCUT2D eigenvalue weighted by Gasteiger charge is 2.43. The Bertz CT molecular complexity index is 734. The van der Waals surface area contributed by atoms with Crippen LogP contribution in [0.2, 0.25) is 0 Å². The summed E-state index contributed by atoms with van der Waals surface area (Å²) < 4.78 is 29.6. The number of ether oxygens (including phenoxy) is 1. The lowest BCUT2D eigenvalue weighted by molar-refractivity contribution is -0.120. The molecule has 9 heteroatoms. The summed E-state index contributed by atoms with van der Waals surface area (Å²) in [5, 5.41) is 18.5. The Hall–Kier alpha value is -0.900. The van der Waals surface area contributed by atoms with E-state index in [2.05, 4.69) is 10.2 Å². The number of aliphatic hydroxyl groups is 1. The maximum absolute atomic E-state index is 12.8. The molecule has 1 N–H and O–H groups in total. The Kier molecular flexibility index (Phi) is 6.58. The van der Waals surface area contributed by atoms with Crippen molar-refractivity contribution in [1.29, 1.82) is 0 Å². The van der Waals surface area contributed by atoms with Crippen molar-refractivity contribution in [3.05, 3.63) is 10.0 Å². The van der Waals surface area contributed by atoms with E-state index in [1.807, 2.05) is 13.8 Å². The number of rotatable bonds is 8. The molecule has 0 saturated carbocycles. The van der Waals surface area contributed by atoms with E-state index in [0.717, 1.165) is 12.8 Å². The number of carbonyl (C=O) groups is 1. The van der Waals surface area contributed by atoms with Crippen LogP contribution in [0.15, 0.2) is 0 Å². The molecule has 1 aromatic heterocycles. The number of aromatic nitrogens is 2. The fourth-order valence-corrected chi connectivity index (χ4v) is 5.10. The van der Waals surface area contributed by atoms with Crippen LogP contribution in [-0.4, -0.2) is 59.3 Å². The molecule has 148 valence electrons. The van der Waals surface area contributed by atoms with Crippen LogP contribution in [-0.2, 0) is 31.2 Å². The first-order valence-corrected chi connectivity index (χ1v) is 11.3. The molecule has 1 aromatic rings. The molecule has 0 amide bonds. The molecule has 0 radical (unpaired) electrons. The Labute approximate surface area is 159 Å². The lowest BCUT2D eigenvalue weighted by Crippen LogP contribution is -2.45. The number of ketones is 1. The van der Waals surface area contributed by atoms with Gasteiger partial charge in [-0.25, -0.2) is 8.42 Å². The monoisotopic (exact) mass is 404 g/mol. The zero-order valence-corrected chi connectivity index (χ0v) is 17.5. The van der Waals surface area contributed by atoms with Gasteiger partial charge in [0.1, 0.15) is 14.8 Å². The van der Waals surface area contributed by atoms with Crippen molar-refractivity contribution in [3.8, 4) is 0 Å². The lowest BCUT2D eigenvalue weighted by Gasteiger charge is -2.28. The largest absolute Gasteiger partial charge is 0.395 e. The van der Waals surface area contributed by atoms with Crippen LogP contribution in [0.3, 0.4) is 0 Å². The summed E-state index contributed by atoms with van der Waals surface area (Å²) in [6.07, 6.45) is 2.18. The van der Waals surface area contributed by atoms with Crippen molar-refractivity contribution in [2.24, 2.45) is 0 Å². The molecule has 2 rings (SSSR count). The van der Waals surface area contributed by atoms with Gasteiger partial charge in [0.05, 0.1) is 24.9 Å². The van der Waals surface area contributed by atoms with E-state index in [1.54, 1.807) is 0 Å². The quantitative estimate of drug-likeness (QED) is 0.702. The Balaban J connectivity index is 2.09. The maximum Gasteiger partial charge on any atom is 0.165 e. The van der Waals surface area contributed by atoms with Crippen molar-refractivity contribution in [3.63, 3.8) is 0 Å². The van der Waals surface area contributed by atoms with Crippen LogP contribution in [0.25, 0.3) is 0 Å². The van der Waals surface area contributed by atoms with E-state index >= 15 is 0 Å². The van der Waals surface area contributed by atoms with Crippen molar-refractivity contribution < 1.29 is 23.1 Å². The van der Waals surface area contributed by atoms with E-state index in [-0.39, 0.29) is 24.9 Å². The third-order valence-corrected chi connectivity index (χ3v) is 8.76. The van der Waals surface area contributed by atoms with Crippen LogP contribution >= 0.6 is 11.3 Å². The van der Waals surface area contributed by atoms with E-state index in [4.69, 9.17) is 4.74 Å². The molecule has 0 bridgehead atoms. The van der Waals surface area contributed by atoms with E-state index < -0.39 is 25.8 Å².